The third-order valence-corrected chi connectivity index (χ3v) is 3.89. The summed E-state index contributed by atoms with van der Waals surface area (Å²) in [6.07, 6.45) is 0. The molecular formula is C20H21N3O4. The maximum Gasteiger partial charge on any atom is 0.259 e. The zero-order valence-corrected chi connectivity index (χ0v) is 15.6. The molecule has 0 unspecified atom stereocenters. The van der Waals surface area contributed by atoms with Crippen LogP contribution in [0.4, 0.5) is 0 Å². The molecule has 1 aromatic heterocycles. The average molecular weight is 367 g/mol. The lowest BCUT2D eigenvalue weighted by Gasteiger charge is -2.10. The largest absolute Gasteiger partial charge is 0.493 e. The van der Waals surface area contributed by atoms with E-state index in [2.05, 4.69) is 15.5 Å². The second-order valence-electron chi connectivity index (χ2n) is 6.17. The molecule has 0 bridgehead atoms. The smallest absolute Gasteiger partial charge is 0.259 e. The minimum atomic E-state index is -0.188. The van der Waals surface area contributed by atoms with Crippen molar-refractivity contribution in [2.45, 2.75) is 19.9 Å². The molecule has 140 valence electrons. The van der Waals surface area contributed by atoms with Gasteiger partial charge in [-0.3, -0.25) is 4.79 Å². The maximum atomic E-state index is 12.4. The number of ether oxygens (including phenoxy) is 2. The van der Waals surface area contributed by atoms with E-state index in [1.807, 2.05) is 26.0 Å². The molecule has 0 saturated heterocycles. The van der Waals surface area contributed by atoms with Crippen LogP contribution in [0.5, 0.6) is 11.5 Å². The SMILES string of the molecule is COc1ccc(-c2noc(-c3ccccc3C(=O)NC(C)C)n2)cc1OC. The standard InChI is InChI=1S/C20H21N3O4/c1-12(2)21-19(24)14-7-5-6-8-15(14)20-22-18(23-27-20)13-9-10-16(25-3)17(11-13)26-4/h5-12H,1-4H3,(H,21,24). The summed E-state index contributed by atoms with van der Waals surface area (Å²) in [4.78, 5) is 16.9. The molecule has 0 spiro atoms. The molecule has 3 rings (SSSR count). The first-order chi connectivity index (χ1) is 13.0. The van der Waals surface area contributed by atoms with Crippen molar-refractivity contribution in [3.8, 4) is 34.3 Å². The summed E-state index contributed by atoms with van der Waals surface area (Å²) in [5, 5.41) is 6.92. The maximum absolute atomic E-state index is 12.4. The van der Waals surface area contributed by atoms with Gasteiger partial charge in [-0.1, -0.05) is 17.3 Å². The second kappa shape index (κ2) is 7.90. The molecule has 0 aliphatic carbocycles. The van der Waals surface area contributed by atoms with Gasteiger partial charge in [0.05, 0.1) is 25.3 Å². The Labute approximate surface area is 157 Å². The van der Waals surface area contributed by atoms with Crippen molar-refractivity contribution in [1.82, 2.24) is 15.5 Å². The van der Waals surface area contributed by atoms with E-state index in [9.17, 15) is 4.79 Å². The minimum Gasteiger partial charge on any atom is -0.493 e. The molecule has 0 fully saturated rings. The van der Waals surface area contributed by atoms with Crippen LogP contribution in [-0.2, 0) is 0 Å². The summed E-state index contributed by atoms with van der Waals surface area (Å²) < 4.78 is 16.0. The van der Waals surface area contributed by atoms with Crippen LogP contribution in [0.25, 0.3) is 22.8 Å². The van der Waals surface area contributed by atoms with Gasteiger partial charge in [-0.25, -0.2) is 0 Å². The van der Waals surface area contributed by atoms with Gasteiger partial charge in [-0.15, -0.1) is 0 Å². The number of nitrogens with one attached hydrogen (secondary N) is 1. The van der Waals surface area contributed by atoms with Gasteiger partial charge in [0.25, 0.3) is 11.8 Å². The van der Waals surface area contributed by atoms with Gasteiger partial charge in [0, 0.05) is 11.6 Å². The topological polar surface area (TPSA) is 86.5 Å². The van der Waals surface area contributed by atoms with E-state index >= 15 is 0 Å². The number of benzene rings is 2. The molecule has 0 aliphatic heterocycles. The van der Waals surface area contributed by atoms with Gasteiger partial charge in [-0.2, -0.15) is 4.98 Å². The third kappa shape index (κ3) is 3.92. The third-order valence-electron chi connectivity index (χ3n) is 3.89. The van der Waals surface area contributed by atoms with Gasteiger partial charge in [-0.05, 0) is 44.2 Å². The van der Waals surface area contributed by atoms with Crippen LogP contribution < -0.4 is 14.8 Å². The molecule has 3 aromatic rings. The van der Waals surface area contributed by atoms with Crippen molar-refractivity contribution in [2.24, 2.45) is 0 Å². The molecule has 1 N–H and O–H groups in total. The first kappa shape index (κ1) is 18.4. The monoisotopic (exact) mass is 367 g/mol. The van der Waals surface area contributed by atoms with Crippen LogP contribution in [0.2, 0.25) is 0 Å². The molecular weight excluding hydrogens is 346 g/mol. The zero-order valence-electron chi connectivity index (χ0n) is 15.6. The number of nitrogens with zero attached hydrogens (tertiary/aromatic N) is 2. The number of hydrogen-bond acceptors (Lipinski definition) is 6. The van der Waals surface area contributed by atoms with Crippen LogP contribution in [0.1, 0.15) is 24.2 Å². The fourth-order valence-electron chi connectivity index (χ4n) is 2.63. The van der Waals surface area contributed by atoms with Crippen LogP contribution in [0.15, 0.2) is 47.0 Å². The Balaban J connectivity index is 1.97. The lowest BCUT2D eigenvalue weighted by Crippen LogP contribution is -2.30. The van der Waals surface area contributed by atoms with Crippen molar-refractivity contribution >= 4 is 5.91 Å². The van der Waals surface area contributed by atoms with E-state index in [4.69, 9.17) is 14.0 Å². The predicted molar refractivity (Wildman–Crippen MR) is 101 cm³/mol. The van der Waals surface area contributed by atoms with Crippen molar-refractivity contribution in [2.75, 3.05) is 14.2 Å². The molecule has 7 nitrogen and oxygen atoms in total. The molecule has 1 amide bonds. The molecule has 0 saturated carbocycles. The van der Waals surface area contributed by atoms with E-state index in [0.717, 1.165) is 0 Å². The van der Waals surface area contributed by atoms with E-state index in [1.54, 1.807) is 44.6 Å². The highest BCUT2D eigenvalue weighted by Gasteiger charge is 2.19. The van der Waals surface area contributed by atoms with Crippen LogP contribution in [0.3, 0.4) is 0 Å². The Bertz CT molecular complexity index is 950. The number of rotatable bonds is 6. The summed E-state index contributed by atoms with van der Waals surface area (Å²) in [6, 6.07) is 12.5. The first-order valence-corrected chi connectivity index (χ1v) is 8.50. The summed E-state index contributed by atoms with van der Waals surface area (Å²) in [5.41, 5.74) is 1.77. The van der Waals surface area contributed by atoms with Crippen molar-refractivity contribution in [3.05, 3.63) is 48.0 Å². The number of hydrogen-bond donors (Lipinski definition) is 1. The quantitative estimate of drug-likeness (QED) is 0.717. The number of carbonyl (C=O) groups excluding carboxylic acids is 1. The van der Waals surface area contributed by atoms with Gasteiger partial charge < -0.3 is 19.3 Å². The fraction of sp³-hybridized carbons (Fsp3) is 0.250. The first-order valence-electron chi connectivity index (χ1n) is 8.50. The van der Waals surface area contributed by atoms with E-state index in [0.29, 0.717) is 34.0 Å². The molecule has 27 heavy (non-hydrogen) atoms. The van der Waals surface area contributed by atoms with Gasteiger partial charge in [0.2, 0.25) is 5.82 Å². The fourth-order valence-corrected chi connectivity index (χ4v) is 2.63. The summed E-state index contributed by atoms with van der Waals surface area (Å²) in [5.74, 6) is 1.66. The van der Waals surface area contributed by atoms with Crippen molar-refractivity contribution < 1.29 is 18.8 Å². The summed E-state index contributed by atoms with van der Waals surface area (Å²) >= 11 is 0. The molecule has 0 atom stereocenters. The molecule has 0 aliphatic rings. The lowest BCUT2D eigenvalue weighted by molar-refractivity contribution is 0.0943. The Morgan fingerprint density at radius 3 is 2.52 bits per heavy atom. The van der Waals surface area contributed by atoms with E-state index < -0.39 is 0 Å². The number of aromatic nitrogens is 2. The lowest BCUT2D eigenvalue weighted by atomic mass is 10.1. The van der Waals surface area contributed by atoms with Gasteiger partial charge in [0.1, 0.15) is 0 Å². The number of amides is 1. The minimum absolute atomic E-state index is 0.0237. The predicted octanol–water partition coefficient (Wildman–Crippen LogP) is 3.56. The molecule has 1 heterocycles. The summed E-state index contributed by atoms with van der Waals surface area (Å²) in [6.45, 7) is 3.81. The molecule has 7 heteroatoms. The van der Waals surface area contributed by atoms with E-state index in [-0.39, 0.29) is 17.8 Å². The second-order valence-corrected chi connectivity index (χ2v) is 6.17. The average Bonchev–Trinajstić information content (AvgIpc) is 3.17. The number of methoxy groups -OCH3 is 2. The number of carbonyl (C=O) groups is 1. The van der Waals surface area contributed by atoms with Crippen molar-refractivity contribution in [3.63, 3.8) is 0 Å². The normalized spacial score (nSPS) is 10.7. The van der Waals surface area contributed by atoms with Gasteiger partial charge >= 0.3 is 0 Å². The Kier molecular flexibility index (Phi) is 5.40. The highest BCUT2D eigenvalue weighted by Crippen LogP contribution is 2.32. The van der Waals surface area contributed by atoms with E-state index in [1.165, 1.54) is 0 Å². The van der Waals surface area contributed by atoms with Crippen LogP contribution in [0, 0.1) is 0 Å². The Hall–Kier alpha value is -3.35. The van der Waals surface area contributed by atoms with Gasteiger partial charge in [0.15, 0.2) is 11.5 Å². The zero-order chi connectivity index (χ0) is 19.4. The van der Waals surface area contributed by atoms with Crippen LogP contribution >= 0.6 is 0 Å². The van der Waals surface area contributed by atoms with Crippen molar-refractivity contribution in [1.29, 1.82) is 0 Å². The Morgan fingerprint density at radius 1 is 1.07 bits per heavy atom. The Morgan fingerprint density at radius 2 is 1.81 bits per heavy atom. The highest BCUT2D eigenvalue weighted by atomic mass is 16.5. The van der Waals surface area contributed by atoms with Crippen LogP contribution in [-0.4, -0.2) is 36.3 Å². The molecule has 0 radical (unpaired) electrons. The molecule has 2 aromatic carbocycles. The summed E-state index contributed by atoms with van der Waals surface area (Å²) in [7, 11) is 3.13. The highest BCUT2D eigenvalue weighted by molar-refractivity contribution is 6.00.